The summed E-state index contributed by atoms with van der Waals surface area (Å²) in [5, 5.41) is 0. The summed E-state index contributed by atoms with van der Waals surface area (Å²) in [6.45, 7) is 3.88. The van der Waals surface area contributed by atoms with Gasteiger partial charge in [0, 0.05) is 13.1 Å². The second-order valence-corrected chi connectivity index (χ2v) is 5.45. The van der Waals surface area contributed by atoms with Crippen LogP contribution in [0.2, 0.25) is 0 Å². The standard InChI is InChI=1S/C16H24N2O2/c1-3-5-12-8-10-18(11-9-12)16(19)13-6-4-7-14(20-2)15(13)17/h4,6-7,12H,3,5,8-11,17H2,1-2H3. The molecule has 0 aliphatic carbocycles. The van der Waals surface area contributed by atoms with Crippen molar-refractivity contribution in [1.82, 2.24) is 4.90 Å². The molecule has 1 aromatic carbocycles. The molecule has 0 atom stereocenters. The molecule has 1 saturated heterocycles. The number of hydrogen-bond donors (Lipinski definition) is 1. The van der Waals surface area contributed by atoms with Crippen LogP contribution in [0.3, 0.4) is 0 Å². The Morgan fingerprint density at radius 3 is 2.70 bits per heavy atom. The van der Waals surface area contributed by atoms with Gasteiger partial charge in [-0.3, -0.25) is 4.79 Å². The maximum atomic E-state index is 12.5. The van der Waals surface area contributed by atoms with Gasteiger partial charge in [0.25, 0.3) is 5.91 Å². The van der Waals surface area contributed by atoms with Crippen molar-refractivity contribution >= 4 is 11.6 Å². The number of benzene rings is 1. The van der Waals surface area contributed by atoms with Gasteiger partial charge in [0.1, 0.15) is 5.75 Å². The van der Waals surface area contributed by atoms with E-state index in [1.165, 1.54) is 12.8 Å². The van der Waals surface area contributed by atoms with E-state index >= 15 is 0 Å². The molecule has 1 heterocycles. The van der Waals surface area contributed by atoms with Crippen molar-refractivity contribution in [2.45, 2.75) is 32.6 Å². The number of nitrogens with two attached hydrogens (primary N) is 1. The molecule has 1 aromatic rings. The summed E-state index contributed by atoms with van der Waals surface area (Å²) < 4.78 is 5.18. The first-order valence-corrected chi connectivity index (χ1v) is 7.39. The number of anilines is 1. The number of piperidine rings is 1. The van der Waals surface area contributed by atoms with Crippen LogP contribution in [-0.4, -0.2) is 31.0 Å². The van der Waals surface area contributed by atoms with Crippen molar-refractivity contribution < 1.29 is 9.53 Å². The van der Waals surface area contributed by atoms with Crippen molar-refractivity contribution in [3.8, 4) is 5.75 Å². The molecule has 0 saturated carbocycles. The molecule has 20 heavy (non-hydrogen) atoms. The highest BCUT2D eigenvalue weighted by Crippen LogP contribution is 2.28. The summed E-state index contributed by atoms with van der Waals surface area (Å²) in [5.74, 6) is 1.36. The Balaban J connectivity index is 2.06. The largest absolute Gasteiger partial charge is 0.495 e. The number of hydrogen-bond acceptors (Lipinski definition) is 3. The summed E-state index contributed by atoms with van der Waals surface area (Å²) in [6, 6.07) is 5.37. The van der Waals surface area contributed by atoms with Crippen LogP contribution in [0.1, 0.15) is 43.0 Å². The Kier molecular flexibility index (Phi) is 4.88. The average Bonchev–Trinajstić information content (AvgIpc) is 2.48. The molecular weight excluding hydrogens is 252 g/mol. The molecule has 0 aromatic heterocycles. The van der Waals surface area contributed by atoms with Gasteiger partial charge in [-0.25, -0.2) is 0 Å². The van der Waals surface area contributed by atoms with E-state index in [2.05, 4.69) is 6.92 Å². The molecule has 2 N–H and O–H groups in total. The lowest BCUT2D eigenvalue weighted by atomic mass is 9.92. The van der Waals surface area contributed by atoms with Gasteiger partial charge in [0.15, 0.2) is 0 Å². The normalized spacial score (nSPS) is 16.2. The SMILES string of the molecule is CCCC1CCN(C(=O)c2cccc(OC)c2N)CC1. The Morgan fingerprint density at radius 2 is 2.10 bits per heavy atom. The van der Waals surface area contributed by atoms with Crippen molar-refractivity contribution in [1.29, 1.82) is 0 Å². The van der Waals surface area contributed by atoms with Crippen LogP contribution in [-0.2, 0) is 0 Å². The highest BCUT2D eigenvalue weighted by molar-refractivity contribution is 6.00. The van der Waals surface area contributed by atoms with Gasteiger partial charge >= 0.3 is 0 Å². The maximum Gasteiger partial charge on any atom is 0.256 e. The molecular formula is C16H24N2O2. The number of rotatable bonds is 4. The van der Waals surface area contributed by atoms with E-state index in [1.807, 2.05) is 11.0 Å². The molecule has 1 fully saturated rings. The highest BCUT2D eigenvalue weighted by Gasteiger charge is 2.24. The van der Waals surface area contributed by atoms with Crippen LogP contribution in [0.25, 0.3) is 0 Å². The number of nitrogens with zero attached hydrogens (tertiary/aromatic N) is 1. The zero-order chi connectivity index (χ0) is 14.5. The molecule has 0 radical (unpaired) electrons. The molecule has 0 unspecified atom stereocenters. The third-order valence-electron chi connectivity index (χ3n) is 4.12. The average molecular weight is 276 g/mol. The number of nitrogen functional groups attached to an aromatic ring is 1. The number of ether oxygens (including phenoxy) is 1. The zero-order valence-electron chi connectivity index (χ0n) is 12.4. The molecule has 2 rings (SSSR count). The van der Waals surface area contributed by atoms with Crippen molar-refractivity contribution in [3.05, 3.63) is 23.8 Å². The van der Waals surface area contributed by atoms with Crippen LogP contribution in [0.5, 0.6) is 5.75 Å². The van der Waals surface area contributed by atoms with Gasteiger partial charge in [-0.2, -0.15) is 0 Å². The quantitative estimate of drug-likeness (QED) is 0.860. The Morgan fingerprint density at radius 1 is 1.40 bits per heavy atom. The third-order valence-corrected chi connectivity index (χ3v) is 4.12. The van der Waals surface area contributed by atoms with Gasteiger partial charge in [-0.15, -0.1) is 0 Å². The molecule has 110 valence electrons. The van der Waals surface area contributed by atoms with E-state index in [0.29, 0.717) is 17.0 Å². The lowest BCUT2D eigenvalue weighted by Crippen LogP contribution is -2.38. The predicted molar refractivity (Wildman–Crippen MR) is 80.9 cm³/mol. The van der Waals surface area contributed by atoms with Crippen LogP contribution in [0.15, 0.2) is 18.2 Å². The summed E-state index contributed by atoms with van der Waals surface area (Å²) in [4.78, 5) is 14.5. The first-order chi connectivity index (χ1) is 9.67. The number of para-hydroxylation sites is 1. The van der Waals surface area contributed by atoms with E-state index in [1.54, 1.807) is 19.2 Å². The van der Waals surface area contributed by atoms with Crippen molar-refractivity contribution in [2.24, 2.45) is 5.92 Å². The minimum absolute atomic E-state index is 0.0244. The van der Waals surface area contributed by atoms with Crippen molar-refractivity contribution in [2.75, 3.05) is 25.9 Å². The number of likely N-dealkylation sites (tertiary alicyclic amines) is 1. The summed E-state index contributed by atoms with van der Waals surface area (Å²) >= 11 is 0. The molecule has 1 amide bonds. The van der Waals surface area contributed by atoms with E-state index in [9.17, 15) is 4.79 Å². The summed E-state index contributed by atoms with van der Waals surface area (Å²) in [7, 11) is 1.57. The number of methoxy groups -OCH3 is 1. The van der Waals surface area contributed by atoms with Gasteiger partial charge in [0.2, 0.25) is 0 Å². The van der Waals surface area contributed by atoms with E-state index in [4.69, 9.17) is 10.5 Å². The molecule has 1 aliphatic rings. The summed E-state index contributed by atoms with van der Waals surface area (Å²) in [6.07, 6.45) is 4.69. The Bertz CT molecular complexity index is 466. The first-order valence-electron chi connectivity index (χ1n) is 7.39. The lowest BCUT2D eigenvalue weighted by molar-refractivity contribution is 0.0687. The van der Waals surface area contributed by atoms with Crippen LogP contribution in [0, 0.1) is 5.92 Å². The van der Waals surface area contributed by atoms with Crippen LogP contribution < -0.4 is 10.5 Å². The molecule has 4 heteroatoms. The monoisotopic (exact) mass is 276 g/mol. The van der Waals surface area contributed by atoms with Crippen molar-refractivity contribution in [3.63, 3.8) is 0 Å². The zero-order valence-corrected chi connectivity index (χ0v) is 12.4. The molecule has 0 bridgehead atoms. The molecule has 1 aliphatic heterocycles. The Hall–Kier alpha value is -1.71. The van der Waals surface area contributed by atoms with Gasteiger partial charge < -0.3 is 15.4 Å². The summed E-state index contributed by atoms with van der Waals surface area (Å²) in [5.41, 5.74) is 7.00. The topological polar surface area (TPSA) is 55.6 Å². The number of amides is 1. The van der Waals surface area contributed by atoms with Gasteiger partial charge in [-0.1, -0.05) is 25.8 Å². The lowest BCUT2D eigenvalue weighted by Gasteiger charge is -2.32. The van der Waals surface area contributed by atoms with Gasteiger partial charge in [-0.05, 0) is 30.9 Å². The smallest absolute Gasteiger partial charge is 0.256 e. The van der Waals surface area contributed by atoms with Crippen LogP contribution >= 0.6 is 0 Å². The highest BCUT2D eigenvalue weighted by atomic mass is 16.5. The minimum Gasteiger partial charge on any atom is -0.495 e. The van der Waals surface area contributed by atoms with Gasteiger partial charge in [0.05, 0.1) is 18.4 Å². The fourth-order valence-electron chi connectivity index (χ4n) is 2.91. The maximum absolute atomic E-state index is 12.5. The fourth-order valence-corrected chi connectivity index (χ4v) is 2.91. The fraction of sp³-hybridized carbons (Fsp3) is 0.562. The second-order valence-electron chi connectivity index (χ2n) is 5.45. The number of carbonyl (C=O) groups is 1. The molecule has 0 spiro atoms. The third kappa shape index (κ3) is 3.06. The minimum atomic E-state index is 0.0244. The van der Waals surface area contributed by atoms with Crippen LogP contribution in [0.4, 0.5) is 5.69 Å². The van der Waals surface area contributed by atoms with E-state index < -0.39 is 0 Å². The second kappa shape index (κ2) is 6.64. The Labute approximate surface area is 120 Å². The van der Waals surface area contributed by atoms with E-state index in [-0.39, 0.29) is 5.91 Å². The number of carbonyl (C=O) groups excluding carboxylic acids is 1. The first kappa shape index (κ1) is 14.7. The van der Waals surface area contributed by atoms with E-state index in [0.717, 1.165) is 31.8 Å². The molecule has 4 nitrogen and oxygen atoms in total. The predicted octanol–water partition coefficient (Wildman–Crippen LogP) is 2.93.